The van der Waals surface area contributed by atoms with Gasteiger partial charge in [0, 0.05) is 6.20 Å². The first-order valence-electron chi connectivity index (χ1n) is 7.65. The van der Waals surface area contributed by atoms with E-state index in [4.69, 9.17) is 9.15 Å². The molecule has 0 aliphatic heterocycles. The van der Waals surface area contributed by atoms with Crippen molar-refractivity contribution in [1.82, 2.24) is 15.2 Å². The van der Waals surface area contributed by atoms with Crippen LogP contribution in [0.3, 0.4) is 0 Å². The topological polar surface area (TPSA) is 90.1 Å². The molecular weight excluding hydrogens is 340 g/mol. The summed E-state index contributed by atoms with van der Waals surface area (Å²) in [4.78, 5) is 16.3. The summed E-state index contributed by atoms with van der Waals surface area (Å²) in [6.07, 6.45) is 1.65. The number of carbonyl (C=O) groups is 1. The lowest BCUT2D eigenvalue weighted by Gasteiger charge is -2.10. The molecule has 2 aromatic heterocycles. The van der Waals surface area contributed by atoms with Gasteiger partial charge in [-0.15, -0.1) is 10.2 Å². The molecule has 7 nitrogen and oxygen atoms in total. The second-order valence-corrected chi connectivity index (χ2v) is 5.78. The molecule has 0 saturated heterocycles. The Balaban J connectivity index is 1.57. The Morgan fingerprint density at radius 2 is 2.04 bits per heavy atom. The molecule has 1 amide bonds. The molecule has 1 N–H and O–H groups in total. The monoisotopic (exact) mass is 356 g/mol. The molecule has 0 bridgehead atoms. The van der Waals surface area contributed by atoms with Crippen molar-refractivity contribution in [3.8, 4) is 17.3 Å². The van der Waals surface area contributed by atoms with Crippen LogP contribution in [0.15, 0.2) is 58.3 Å². The molecular formula is C17H16N4O3S. The molecule has 0 aliphatic rings. The zero-order valence-electron chi connectivity index (χ0n) is 13.5. The van der Waals surface area contributed by atoms with Crippen LogP contribution in [0, 0.1) is 0 Å². The summed E-state index contributed by atoms with van der Waals surface area (Å²) in [5.74, 6) is 0.920. The molecule has 0 spiro atoms. The maximum Gasteiger partial charge on any atom is 0.277 e. The molecule has 0 radical (unpaired) electrons. The zero-order valence-corrected chi connectivity index (χ0v) is 14.3. The number of rotatable bonds is 7. The first-order chi connectivity index (χ1) is 12.3. The second-order valence-electron chi connectivity index (χ2n) is 4.85. The van der Waals surface area contributed by atoms with Crippen LogP contribution < -0.4 is 10.1 Å². The third-order valence-electron chi connectivity index (χ3n) is 3.08. The van der Waals surface area contributed by atoms with Gasteiger partial charge in [0.25, 0.3) is 11.1 Å². The highest BCUT2D eigenvalue weighted by Gasteiger charge is 2.13. The van der Waals surface area contributed by atoms with Crippen molar-refractivity contribution in [3.05, 3.63) is 48.7 Å². The molecule has 3 aromatic rings. The largest absolute Gasteiger partial charge is 0.492 e. The van der Waals surface area contributed by atoms with Gasteiger partial charge in [0.2, 0.25) is 5.91 Å². The van der Waals surface area contributed by atoms with Gasteiger partial charge < -0.3 is 14.5 Å². The first kappa shape index (κ1) is 17.0. The second kappa shape index (κ2) is 8.29. The Labute approximate surface area is 148 Å². The number of benzene rings is 1. The maximum absolute atomic E-state index is 12.1. The number of carbonyl (C=O) groups excluding carboxylic acids is 1. The number of amides is 1. The SMILES string of the molecule is CCOc1ccccc1NC(=O)CSc1nnc(-c2ccccn2)o1. The molecule has 8 heteroatoms. The fourth-order valence-electron chi connectivity index (χ4n) is 2.03. The van der Waals surface area contributed by atoms with Crippen LogP contribution in [0.2, 0.25) is 0 Å². The van der Waals surface area contributed by atoms with E-state index in [0.29, 0.717) is 34.9 Å². The Kier molecular flexibility index (Phi) is 5.63. The number of anilines is 1. The van der Waals surface area contributed by atoms with Gasteiger partial charge in [-0.05, 0) is 31.2 Å². The number of nitrogens with zero attached hydrogens (tertiary/aromatic N) is 3. The van der Waals surface area contributed by atoms with Gasteiger partial charge in [-0.25, -0.2) is 0 Å². The first-order valence-corrected chi connectivity index (χ1v) is 8.64. The predicted molar refractivity (Wildman–Crippen MR) is 94.5 cm³/mol. The number of para-hydroxylation sites is 2. The predicted octanol–water partition coefficient (Wildman–Crippen LogP) is 3.26. The van der Waals surface area contributed by atoms with Gasteiger partial charge in [-0.1, -0.05) is 30.0 Å². The summed E-state index contributed by atoms with van der Waals surface area (Å²) in [6, 6.07) is 12.7. The number of pyridine rings is 1. The summed E-state index contributed by atoms with van der Waals surface area (Å²) in [5.41, 5.74) is 1.23. The van der Waals surface area contributed by atoms with Crippen LogP contribution in [-0.4, -0.2) is 33.4 Å². The standard InChI is InChI=1S/C17H16N4O3S/c1-2-23-14-9-4-3-7-12(14)19-15(22)11-25-17-21-20-16(24-17)13-8-5-6-10-18-13/h3-10H,2,11H2,1H3,(H,19,22). The van der Waals surface area contributed by atoms with E-state index in [-0.39, 0.29) is 11.7 Å². The van der Waals surface area contributed by atoms with Gasteiger partial charge in [-0.2, -0.15) is 0 Å². The number of thioether (sulfide) groups is 1. The highest BCUT2D eigenvalue weighted by atomic mass is 32.2. The van der Waals surface area contributed by atoms with Crippen molar-refractivity contribution < 1.29 is 13.9 Å². The van der Waals surface area contributed by atoms with Crippen molar-refractivity contribution in [2.45, 2.75) is 12.1 Å². The average Bonchev–Trinajstić information content (AvgIpc) is 3.12. The molecule has 25 heavy (non-hydrogen) atoms. The van der Waals surface area contributed by atoms with E-state index in [1.165, 1.54) is 0 Å². The average molecular weight is 356 g/mol. The number of hydrogen-bond acceptors (Lipinski definition) is 7. The molecule has 2 heterocycles. The number of nitrogens with one attached hydrogen (secondary N) is 1. The van der Waals surface area contributed by atoms with Crippen LogP contribution >= 0.6 is 11.8 Å². The van der Waals surface area contributed by atoms with Gasteiger partial charge in [0.15, 0.2) is 0 Å². The minimum absolute atomic E-state index is 0.143. The Bertz CT molecular complexity index is 839. The lowest BCUT2D eigenvalue weighted by Crippen LogP contribution is -2.14. The van der Waals surface area contributed by atoms with E-state index >= 15 is 0 Å². The molecule has 128 valence electrons. The highest BCUT2D eigenvalue weighted by molar-refractivity contribution is 7.99. The van der Waals surface area contributed by atoms with Crippen molar-refractivity contribution in [3.63, 3.8) is 0 Å². The fraction of sp³-hybridized carbons (Fsp3) is 0.176. The number of aromatic nitrogens is 3. The zero-order chi connectivity index (χ0) is 17.5. The van der Waals surface area contributed by atoms with Crippen molar-refractivity contribution in [2.75, 3.05) is 17.7 Å². The van der Waals surface area contributed by atoms with Gasteiger partial charge in [0.1, 0.15) is 11.4 Å². The molecule has 1 aromatic carbocycles. The van der Waals surface area contributed by atoms with E-state index in [9.17, 15) is 4.79 Å². The third-order valence-corrected chi connectivity index (χ3v) is 3.90. The Hall–Kier alpha value is -2.87. The van der Waals surface area contributed by atoms with Crippen LogP contribution in [0.5, 0.6) is 5.75 Å². The molecule has 0 fully saturated rings. The van der Waals surface area contributed by atoms with Gasteiger partial charge in [-0.3, -0.25) is 9.78 Å². The minimum Gasteiger partial charge on any atom is -0.492 e. The quantitative estimate of drug-likeness (QED) is 0.650. The van der Waals surface area contributed by atoms with Crippen LogP contribution in [0.1, 0.15) is 6.92 Å². The summed E-state index contributed by atoms with van der Waals surface area (Å²) in [6.45, 7) is 2.42. The summed E-state index contributed by atoms with van der Waals surface area (Å²) in [5, 5.41) is 11.0. The van der Waals surface area contributed by atoms with E-state index < -0.39 is 0 Å². The van der Waals surface area contributed by atoms with E-state index in [0.717, 1.165) is 11.8 Å². The van der Waals surface area contributed by atoms with Gasteiger partial charge >= 0.3 is 0 Å². The highest BCUT2D eigenvalue weighted by Crippen LogP contribution is 2.25. The number of hydrogen-bond donors (Lipinski definition) is 1. The van der Waals surface area contributed by atoms with Crippen LogP contribution in [-0.2, 0) is 4.79 Å². The summed E-state index contributed by atoms with van der Waals surface area (Å²) in [7, 11) is 0. The van der Waals surface area contributed by atoms with E-state index in [1.807, 2.05) is 31.2 Å². The molecule has 0 saturated carbocycles. The van der Waals surface area contributed by atoms with E-state index in [2.05, 4.69) is 20.5 Å². The van der Waals surface area contributed by atoms with Gasteiger partial charge in [0.05, 0.1) is 18.0 Å². The molecule has 0 aliphatic carbocycles. The normalized spacial score (nSPS) is 10.4. The third kappa shape index (κ3) is 4.57. The summed E-state index contributed by atoms with van der Waals surface area (Å²) >= 11 is 1.16. The number of ether oxygens (including phenoxy) is 1. The van der Waals surface area contributed by atoms with Crippen molar-refractivity contribution in [1.29, 1.82) is 0 Å². The Morgan fingerprint density at radius 3 is 2.84 bits per heavy atom. The lowest BCUT2D eigenvalue weighted by molar-refractivity contribution is -0.113. The van der Waals surface area contributed by atoms with Crippen LogP contribution in [0.25, 0.3) is 11.6 Å². The van der Waals surface area contributed by atoms with Crippen molar-refractivity contribution in [2.24, 2.45) is 0 Å². The Morgan fingerprint density at radius 1 is 1.20 bits per heavy atom. The smallest absolute Gasteiger partial charge is 0.277 e. The molecule has 0 unspecified atom stereocenters. The van der Waals surface area contributed by atoms with E-state index in [1.54, 1.807) is 24.4 Å². The summed E-state index contributed by atoms with van der Waals surface area (Å²) < 4.78 is 11.0. The molecule has 3 rings (SSSR count). The maximum atomic E-state index is 12.1. The minimum atomic E-state index is -0.185. The van der Waals surface area contributed by atoms with Crippen molar-refractivity contribution >= 4 is 23.4 Å². The van der Waals surface area contributed by atoms with Crippen LogP contribution in [0.4, 0.5) is 5.69 Å². The lowest BCUT2D eigenvalue weighted by atomic mass is 10.3. The fourth-order valence-corrected chi connectivity index (χ4v) is 2.59. The molecule has 0 atom stereocenters.